The highest BCUT2D eigenvalue weighted by molar-refractivity contribution is 7.89. The Labute approximate surface area is 166 Å². The third kappa shape index (κ3) is 4.07. The van der Waals surface area contributed by atoms with Gasteiger partial charge < -0.3 is 10.1 Å². The lowest BCUT2D eigenvalue weighted by Gasteiger charge is -2.26. The second-order valence-electron chi connectivity index (χ2n) is 6.04. The maximum absolute atomic E-state index is 14.3. The third-order valence-electron chi connectivity index (χ3n) is 4.26. The number of hydrogen-bond acceptors (Lipinski definition) is 6. The molecule has 0 bridgehead atoms. The van der Waals surface area contributed by atoms with Crippen LogP contribution in [-0.4, -0.2) is 44.9 Å². The van der Waals surface area contributed by atoms with E-state index in [-0.39, 0.29) is 31.9 Å². The molecule has 1 amide bonds. The van der Waals surface area contributed by atoms with Gasteiger partial charge in [0.2, 0.25) is 10.0 Å². The second kappa shape index (κ2) is 8.36. The quantitative estimate of drug-likeness (QED) is 0.797. The van der Waals surface area contributed by atoms with Crippen LogP contribution in [0.3, 0.4) is 0 Å². The van der Waals surface area contributed by atoms with Crippen LogP contribution in [0.4, 0.5) is 9.39 Å². The van der Waals surface area contributed by atoms with E-state index in [9.17, 15) is 22.9 Å². The molecule has 1 aliphatic heterocycles. The summed E-state index contributed by atoms with van der Waals surface area (Å²) >= 11 is 1.27. The number of thiophene rings is 1. The van der Waals surface area contributed by atoms with Crippen molar-refractivity contribution in [2.45, 2.75) is 18.2 Å². The van der Waals surface area contributed by atoms with Crippen LogP contribution in [0.2, 0.25) is 0 Å². The standard InChI is InChI=1S/C18H18FN3O4S2/c1-2-14-9-13(11-20)18(27-14)21-17(23)12-3-4-15(19)16(10-12)28(24,25)22-5-7-26-8-6-22/h3-4,9-10H,2,5-8H2,1H3,(H,21,23). The van der Waals surface area contributed by atoms with Gasteiger partial charge in [0, 0.05) is 23.5 Å². The van der Waals surface area contributed by atoms with Crippen LogP contribution in [0, 0.1) is 17.1 Å². The van der Waals surface area contributed by atoms with Crippen LogP contribution in [0.1, 0.15) is 27.7 Å². The number of rotatable bonds is 5. The van der Waals surface area contributed by atoms with Gasteiger partial charge in [0.1, 0.15) is 21.8 Å². The van der Waals surface area contributed by atoms with Crippen LogP contribution < -0.4 is 5.32 Å². The molecule has 0 aliphatic carbocycles. The first-order valence-corrected chi connectivity index (χ1v) is 10.8. The monoisotopic (exact) mass is 423 g/mol. The molecular weight excluding hydrogens is 405 g/mol. The molecule has 0 spiro atoms. The normalized spacial score (nSPS) is 15.2. The minimum Gasteiger partial charge on any atom is -0.379 e. The summed E-state index contributed by atoms with van der Waals surface area (Å²) in [4.78, 5) is 13.0. The fourth-order valence-corrected chi connectivity index (χ4v) is 5.18. The number of nitrogens with zero attached hydrogens (tertiary/aromatic N) is 2. The average Bonchev–Trinajstić information content (AvgIpc) is 3.10. The molecule has 2 heterocycles. The summed E-state index contributed by atoms with van der Waals surface area (Å²) in [6.07, 6.45) is 0.716. The lowest BCUT2D eigenvalue weighted by Crippen LogP contribution is -2.41. The number of carbonyl (C=O) groups is 1. The van der Waals surface area contributed by atoms with Crippen LogP contribution in [0.15, 0.2) is 29.2 Å². The highest BCUT2D eigenvalue weighted by Crippen LogP contribution is 2.29. The van der Waals surface area contributed by atoms with Crippen molar-refractivity contribution in [2.75, 3.05) is 31.6 Å². The van der Waals surface area contributed by atoms with Gasteiger partial charge in [-0.05, 0) is 30.7 Å². The van der Waals surface area contributed by atoms with Gasteiger partial charge in [0.25, 0.3) is 5.91 Å². The van der Waals surface area contributed by atoms with Gasteiger partial charge in [-0.3, -0.25) is 4.79 Å². The molecule has 2 aromatic rings. The first-order valence-electron chi connectivity index (χ1n) is 8.58. The van der Waals surface area contributed by atoms with Gasteiger partial charge in [0.05, 0.1) is 18.8 Å². The molecule has 0 atom stereocenters. The molecule has 0 saturated carbocycles. The second-order valence-corrected chi connectivity index (χ2v) is 9.08. The van der Waals surface area contributed by atoms with Gasteiger partial charge in [-0.2, -0.15) is 9.57 Å². The third-order valence-corrected chi connectivity index (χ3v) is 7.37. The fraction of sp³-hybridized carbons (Fsp3) is 0.333. The molecule has 1 aliphatic rings. The highest BCUT2D eigenvalue weighted by atomic mass is 32.2. The summed E-state index contributed by atoms with van der Waals surface area (Å²) in [5.41, 5.74) is 0.321. The van der Waals surface area contributed by atoms with Crippen LogP contribution >= 0.6 is 11.3 Å². The smallest absolute Gasteiger partial charge is 0.256 e. The molecule has 7 nitrogen and oxygen atoms in total. The molecule has 28 heavy (non-hydrogen) atoms. The van der Waals surface area contributed by atoms with E-state index in [1.165, 1.54) is 17.4 Å². The molecule has 0 radical (unpaired) electrons. The maximum Gasteiger partial charge on any atom is 0.256 e. The highest BCUT2D eigenvalue weighted by Gasteiger charge is 2.30. The number of ether oxygens (including phenoxy) is 1. The lowest BCUT2D eigenvalue weighted by atomic mass is 10.2. The van der Waals surface area contributed by atoms with Crippen LogP contribution in [-0.2, 0) is 21.2 Å². The van der Waals surface area contributed by atoms with E-state index < -0.39 is 26.6 Å². The number of hydrogen-bond donors (Lipinski definition) is 1. The molecular formula is C18H18FN3O4S2. The average molecular weight is 423 g/mol. The Balaban J connectivity index is 1.90. The molecule has 3 rings (SSSR count). The molecule has 1 aromatic heterocycles. The zero-order valence-electron chi connectivity index (χ0n) is 15.1. The number of carbonyl (C=O) groups excluding carboxylic acids is 1. The minimum atomic E-state index is -4.09. The zero-order chi connectivity index (χ0) is 20.3. The van der Waals surface area contributed by atoms with Gasteiger partial charge >= 0.3 is 0 Å². The van der Waals surface area contributed by atoms with Gasteiger partial charge in [0.15, 0.2) is 0 Å². The van der Waals surface area contributed by atoms with Crippen molar-refractivity contribution >= 4 is 32.3 Å². The van der Waals surface area contributed by atoms with Crippen molar-refractivity contribution < 1.29 is 22.3 Å². The number of anilines is 1. The number of morpholine rings is 1. The Morgan fingerprint density at radius 3 is 2.71 bits per heavy atom. The van der Waals surface area contributed by atoms with Gasteiger partial charge in [-0.15, -0.1) is 11.3 Å². The summed E-state index contributed by atoms with van der Waals surface area (Å²) in [6.45, 7) is 2.64. The summed E-state index contributed by atoms with van der Waals surface area (Å²) < 4.78 is 46.0. The SMILES string of the molecule is CCc1cc(C#N)c(NC(=O)c2ccc(F)c(S(=O)(=O)N3CCOCC3)c2)s1. The minimum absolute atomic E-state index is 0.0106. The van der Waals surface area contributed by atoms with Crippen molar-refractivity contribution in [2.24, 2.45) is 0 Å². The Hall–Kier alpha value is -2.32. The molecule has 0 unspecified atom stereocenters. The summed E-state index contributed by atoms with van der Waals surface area (Å²) in [6, 6.07) is 6.90. The maximum atomic E-state index is 14.3. The number of amides is 1. The van der Waals surface area contributed by atoms with Crippen LogP contribution in [0.5, 0.6) is 0 Å². The number of nitriles is 1. The van der Waals surface area contributed by atoms with Crippen molar-refractivity contribution in [3.05, 3.63) is 46.1 Å². The predicted molar refractivity (Wildman–Crippen MR) is 102 cm³/mol. The largest absolute Gasteiger partial charge is 0.379 e. The van der Waals surface area contributed by atoms with Gasteiger partial charge in [-0.1, -0.05) is 6.92 Å². The number of benzene rings is 1. The Morgan fingerprint density at radius 2 is 2.07 bits per heavy atom. The molecule has 10 heteroatoms. The number of halogens is 1. The number of nitrogens with one attached hydrogen (secondary N) is 1. The van der Waals surface area contributed by atoms with Crippen molar-refractivity contribution in [1.82, 2.24) is 4.31 Å². The van der Waals surface area contributed by atoms with E-state index in [1.807, 2.05) is 13.0 Å². The number of sulfonamides is 1. The zero-order valence-corrected chi connectivity index (χ0v) is 16.7. The lowest BCUT2D eigenvalue weighted by molar-refractivity contribution is 0.0729. The van der Waals surface area contributed by atoms with Gasteiger partial charge in [-0.25, -0.2) is 12.8 Å². The van der Waals surface area contributed by atoms with E-state index >= 15 is 0 Å². The summed E-state index contributed by atoms with van der Waals surface area (Å²) in [5.74, 6) is -1.54. The molecule has 1 fully saturated rings. The summed E-state index contributed by atoms with van der Waals surface area (Å²) in [5, 5.41) is 12.2. The Morgan fingerprint density at radius 1 is 1.36 bits per heavy atom. The topological polar surface area (TPSA) is 99.5 Å². The predicted octanol–water partition coefficient (Wildman–Crippen LogP) is 2.59. The van der Waals surface area contributed by atoms with Crippen LogP contribution in [0.25, 0.3) is 0 Å². The van der Waals surface area contributed by atoms with E-state index in [2.05, 4.69) is 5.32 Å². The van der Waals surface area contributed by atoms with Crippen molar-refractivity contribution in [3.8, 4) is 6.07 Å². The Bertz CT molecular complexity index is 1040. The summed E-state index contributed by atoms with van der Waals surface area (Å²) in [7, 11) is -4.09. The molecule has 1 aromatic carbocycles. The van der Waals surface area contributed by atoms with E-state index in [0.29, 0.717) is 17.0 Å². The fourth-order valence-electron chi connectivity index (χ4n) is 2.74. The molecule has 1 saturated heterocycles. The first-order chi connectivity index (χ1) is 13.4. The van der Waals surface area contributed by atoms with E-state index in [4.69, 9.17) is 4.74 Å². The molecule has 148 valence electrons. The van der Waals surface area contributed by atoms with Crippen molar-refractivity contribution in [1.29, 1.82) is 5.26 Å². The van der Waals surface area contributed by atoms with Crippen molar-refractivity contribution in [3.63, 3.8) is 0 Å². The van der Waals surface area contributed by atoms with E-state index in [1.54, 1.807) is 6.07 Å². The molecule has 1 N–H and O–H groups in total. The van der Waals surface area contributed by atoms with E-state index in [0.717, 1.165) is 21.3 Å². The first kappa shape index (κ1) is 20.4. The number of aryl methyl sites for hydroxylation is 1. The Kier molecular flexibility index (Phi) is 6.10.